The van der Waals surface area contributed by atoms with E-state index >= 15 is 0 Å². The van der Waals surface area contributed by atoms with Crippen LogP contribution in [0.5, 0.6) is 5.75 Å². The summed E-state index contributed by atoms with van der Waals surface area (Å²) < 4.78 is 5.57. The van der Waals surface area contributed by atoms with Crippen molar-refractivity contribution in [2.75, 3.05) is 13.2 Å². The van der Waals surface area contributed by atoms with Gasteiger partial charge in [0.05, 0.1) is 0 Å². The molecule has 2 N–H and O–H groups in total. The van der Waals surface area contributed by atoms with E-state index in [9.17, 15) is 4.79 Å². The van der Waals surface area contributed by atoms with Crippen molar-refractivity contribution in [3.05, 3.63) is 29.8 Å². The first kappa shape index (κ1) is 15.5. The first-order valence-electron chi connectivity index (χ1n) is 6.73. The fraction of sp³-hybridized carbons (Fsp3) is 0.533. The number of benzene rings is 1. The third-order valence-electron chi connectivity index (χ3n) is 2.88. The van der Waals surface area contributed by atoms with Crippen molar-refractivity contribution in [2.45, 2.75) is 39.2 Å². The summed E-state index contributed by atoms with van der Waals surface area (Å²) in [5.41, 5.74) is 1.19. The van der Waals surface area contributed by atoms with Crippen LogP contribution in [0.4, 0.5) is 0 Å². The molecular weight excluding hydrogens is 242 g/mol. The predicted octanol–water partition coefficient (Wildman–Crippen LogP) is 2.64. The van der Waals surface area contributed by atoms with E-state index in [0.717, 1.165) is 12.2 Å². The van der Waals surface area contributed by atoms with Gasteiger partial charge in [-0.3, -0.25) is 4.79 Å². The van der Waals surface area contributed by atoms with Crippen molar-refractivity contribution in [1.82, 2.24) is 5.32 Å². The molecule has 0 fully saturated rings. The second-order valence-electron chi connectivity index (χ2n) is 4.88. The van der Waals surface area contributed by atoms with Gasteiger partial charge in [0, 0.05) is 0 Å². The molecule has 1 aromatic rings. The molecule has 0 saturated carbocycles. The minimum absolute atomic E-state index is 0.136. The Morgan fingerprint density at radius 1 is 1.42 bits per heavy atom. The molecule has 0 saturated heterocycles. The normalized spacial score (nSPS) is 12.4. The zero-order chi connectivity index (χ0) is 14.3. The molecule has 0 aliphatic heterocycles. The Labute approximate surface area is 114 Å². The lowest BCUT2D eigenvalue weighted by Crippen LogP contribution is -2.41. The molecule has 0 aliphatic rings. The third kappa shape index (κ3) is 5.30. The fourth-order valence-corrected chi connectivity index (χ4v) is 1.68. The first-order chi connectivity index (χ1) is 9.04. The minimum Gasteiger partial charge on any atom is -0.491 e. The maximum atomic E-state index is 11.1. The molecule has 0 aromatic heterocycles. The zero-order valence-electron chi connectivity index (χ0n) is 11.8. The van der Waals surface area contributed by atoms with Gasteiger partial charge >= 0.3 is 5.97 Å². The molecule has 4 heteroatoms. The van der Waals surface area contributed by atoms with Gasteiger partial charge in [-0.05, 0) is 36.6 Å². The van der Waals surface area contributed by atoms with E-state index in [1.165, 1.54) is 5.56 Å². The summed E-state index contributed by atoms with van der Waals surface area (Å²) in [6.45, 7) is 7.03. The Morgan fingerprint density at radius 2 is 2.16 bits per heavy atom. The van der Waals surface area contributed by atoms with Crippen LogP contribution >= 0.6 is 0 Å². The van der Waals surface area contributed by atoms with Gasteiger partial charge < -0.3 is 15.2 Å². The van der Waals surface area contributed by atoms with E-state index in [1.807, 2.05) is 31.2 Å². The molecule has 1 aromatic carbocycles. The molecule has 106 valence electrons. The fourth-order valence-electron chi connectivity index (χ4n) is 1.68. The number of carbonyl (C=O) groups is 1. The predicted molar refractivity (Wildman–Crippen MR) is 75.7 cm³/mol. The summed E-state index contributed by atoms with van der Waals surface area (Å²) in [5.74, 6) is 0.265. The zero-order valence-corrected chi connectivity index (χ0v) is 11.8. The van der Waals surface area contributed by atoms with E-state index < -0.39 is 12.0 Å². The van der Waals surface area contributed by atoms with Gasteiger partial charge in [0.2, 0.25) is 0 Å². The van der Waals surface area contributed by atoms with Gasteiger partial charge in [-0.25, -0.2) is 0 Å². The number of rotatable bonds is 8. The van der Waals surface area contributed by atoms with E-state index in [1.54, 1.807) is 0 Å². The van der Waals surface area contributed by atoms with Crippen molar-refractivity contribution in [1.29, 1.82) is 0 Å². The SMILES string of the molecule is CCCNC(COc1cccc(C(C)C)c1)C(=O)O. The molecule has 1 rings (SSSR count). The first-order valence-corrected chi connectivity index (χ1v) is 6.73. The lowest BCUT2D eigenvalue weighted by molar-refractivity contribution is -0.140. The summed E-state index contributed by atoms with van der Waals surface area (Å²) in [7, 11) is 0. The molecule has 1 unspecified atom stereocenters. The number of aliphatic carboxylic acids is 1. The number of nitrogens with one attached hydrogen (secondary N) is 1. The topological polar surface area (TPSA) is 58.6 Å². The van der Waals surface area contributed by atoms with E-state index in [0.29, 0.717) is 12.5 Å². The van der Waals surface area contributed by atoms with Gasteiger partial charge in [-0.2, -0.15) is 0 Å². The van der Waals surface area contributed by atoms with Crippen molar-refractivity contribution < 1.29 is 14.6 Å². The Hall–Kier alpha value is -1.55. The number of hydrogen-bond donors (Lipinski definition) is 2. The maximum absolute atomic E-state index is 11.1. The van der Waals surface area contributed by atoms with E-state index in [4.69, 9.17) is 9.84 Å². The van der Waals surface area contributed by atoms with Crippen molar-refractivity contribution >= 4 is 5.97 Å². The molecule has 19 heavy (non-hydrogen) atoms. The smallest absolute Gasteiger partial charge is 0.324 e. The van der Waals surface area contributed by atoms with Crippen LogP contribution in [0.2, 0.25) is 0 Å². The lowest BCUT2D eigenvalue weighted by atomic mass is 10.0. The maximum Gasteiger partial charge on any atom is 0.324 e. The van der Waals surface area contributed by atoms with E-state index in [-0.39, 0.29) is 6.61 Å². The van der Waals surface area contributed by atoms with Gasteiger partial charge in [0.15, 0.2) is 0 Å². The Balaban J connectivity index is 2.58. The highest BCUT2D eigenvalue weighted by Crippen LogP contribution is 2.20. The Kier molecular flexibility index (Phi) is 6.36. The molecule has 0 radical (unpaired) electrons. The van der Waals surface area contributed by atoms with Crippen LogP contribution in [-0.2, 0) is 4.79 Å². The highest BCUT2D eigenvalue weighted by Gasteiger charge is 2.17. The summed E-state index contributed by atoms with van der Waals surface area (Å²) in [6, 6.07) is 7.12. The van der Waals surface area contributed by atoms with Gasteiger partial charge in [-0.15, -0.1) is 0 Å². The molecular formula is C15H23NO3. The van der Waals surface area contributed by atoms with Gasteiger partial charge in [-0.1, -0.05) is 32.9 Å². The Morgan fingerprint density at radius 3 is 2.74 bits per heavy atom. The Bertz CT molecular complexity index is 404. The van der Waals surface area contributed by atoms with Crippen LogP contribution in [-0.4, -0.2) is 30.3 Å². The summed E-state index contributed by atoms with van der Waals surface area (Å²) in [5, 5.41) is 12.0. The number of carboxylic acids is 1. The molecule has 0 amide bonds. The van der Waals surface area contributed by atoms with Crippen molar-refractivity contribution in [3.63, 3.8) is 0 Å². The highest BCUT2D eigenvalue weighted by molar-refractivity contribution is 5.73. The summed E-state index contributed by atoms with van der Waals surface area (Å²) in [4.78, 5) is 11.1. The van der Waals surface area contributed by atoms with Gasteiger partial charge in [0.1, 0.15) is 18.4 Å². The second-order valence-corrected chi connectivity index (χ2v) is 4.88. The molecule has 0 spiro atoms. The van der Waals surface area contributed by atoms with Crippen LogP contribution in [0.15, 0.2) is 24.3 Å². The minimum atomic E-state index is -0.881. The quantitative estimate of drug-likeness (QED) is 0.758. The van der Waals surface area contributed by atoms with Crippen LogP contribution in [0.1, 0.15) is 38.7 Å². The summed E-state index contributed by atoms with van der Waals surface area (Å²) >= 11 is 0. The van der Waals surface area contributed by atoms with E-state index in [2.05, 4.69) is 19.2 Å². The highest BCUT2D eigenvalue weighted by atomic mass is 16.5. The molecule has 0 bridgehead atoms. The average molecular weight is 265 g/mol. The molecule has 0 heterocycles. The van der Waals surface area contributed by atoms with Crippen molar-refractivity contribution in [3.8, 4) is 5.75 Å². The lowest BCUT2D eigenvalue weighted by Gasteiger charge is -2.15. The van der Waals surface area contributed by atoms with Crippen LogP contribution in [0, 0.1) is 0 Å². The number of ether oxygens (including phenoxy) is 1. The summed E-state index contributed by atoms with van der Waals surface area (Å²) in [6.07, 6.45) is 0.895. The standard InChI is InChI=1S/C15H23NO3/c1-4-8-16-14(15(17)18)10-19-13-7-5-6-12(9-13)11(2)3/h5-7,9,11,14,16H,4,8,10H2,1-3H3,(H,17,18). The van der Waals surface area contributed by atoms with Crippen LogP contribution in [0.25, 0.3) is 0 Å². The van der Waals surface area contributed by atoms with Crippen LogP contribution < -0.4 is 10.1 Å². The molecule has 0 aliphatic carbocycles. The number of carboxylic acid groups (broad SMARTS) is 1. The van der Waals surface area contributed by atoms with Gasteiger partial charge in [0.25, 0.3) is 0 Å². The molecule has 1 atom stereocenters. The van der Waals surface area contributed by atoms with Crippen LogP contribution in [0.3, 0.4) is 0 Å². The second kappa shape index (κ2) is 7.79. The largest absolute Gasteiger partial charge is 0.491 e. The molecule has 4 nitrogen and oxygen atoms in total. The van der Waals surface area contributed by atoms with Crippen molar-refractivity contribution in [2.24, 2.45) is 0 Å². The monoisotopic (exact) mass is 265 g/mol. The average Bonchev–Trinajstić information content (AvgIpc) is 2.38. The third-order valence-corrected chi connectivity index (χ3v) is 2.88. The number of hydrogen-bond acceptors (Lipinski definition) is 3.